The summed E-state index contributed by atoms with van der Waals surface area (Å²) in [6, 6.07) is 7.71. The zero-order valence-corrected chi connectivity index (χ0v) is 13.7. The summed E-state index contributed by atoms with van der Waals surface area (Å²) in [5.74, 6) is -1.70. The third-order valence-corrected chi connectivity index (χ3v) is 3.85. The molecule has 0 heterocycles. The highest BCUT2D eigenvalue weighted by molar-refractivity contribution is 6.39. The van der Waals surface area contributed by atoms with E-state index < -0.39 is 17.7 Å². The van der Waals surface area contributed by atoms with Crippen molar-refractivity contribution in [3.05, 3.63) is 63.6 Å². The molecule has 1 atom stereocenters. The molecule has 0 aliphatic carbocycles. The molecule has 0 aliphatic rings. The maximum absolute atomic E-state index is 13.7. The highest BCUT2D eigenvalue weighted by Gasteiger charge is 2.14. The molecule has 0 aliphatic heterocycles. The van der Waals surface area contributed by atoms with Gasteiger partial charge in [0.25, 0.3) is 0 Å². The first kappa shape index (κ1) is 17.7. The first-order valence-corrected chi connectivity index (χ1v) is 7.56. The first-order chi connectivity index (χ1) is 10.9. The summed E-state index contributed by atoms with van der Waals surface area (Å²) in [5.41, 5.74) is 0.596. The Morgan fingerprint density at radius 2 is 1.83 bits per heavy atom. The van der Waals surface area contributed by atoms with Crippen LogP contribution in [0.5, 0.6) is 0 Å². The minimum atomic E-state index is -0.667. The van der Waals surface area contributed by atoms with E-state index in [2.05, 4.69) is 10.6 Å². The first-order valence-electron chi connectivity index (χ1n) is 6.80. The van der Waals surface area contributed by atoms with E-state index in [1.807, 2.05) is 0 Å². The highest BCUT2D eigenvalue weighted by Crippen LogP contribution is 2.29. The highest BCUT2D eigenvalue weighted by atomic mass is 35.5. The van der Waals surface area contributed by atoms with Crippen molar-refractivity contribution >= 4 is 34.8 Å². The van der Waals surface area contributed by atoms with E-state index in [4.69, 9.17) is 23.2 Å². The van der Waals surface area contributed by atoms with Crippen LogP contribution in [-0.4, -0.2) is 12.5 Å². The average Bonchev–Trinajstić information content (AvgIpc) is 2.49. The van der Waals surface area contributed by atoms with Gasteiger partial charge in [-0.1, -0.05) is 35.3 Å². The molecule has 0 bridgehead atoms. The number of para-hydroxylation sites is 1. The minimum Gasteiger partial charge on any atom is -0.322 e. The van der Waals surface area contributed by atoms with Crippen LogP contribution in [0.25, 0.3) is 0 Å². The van der Waals surface area contributed by atoms with Crippen LogP contribution in [0.3, 0.4) is 0 Å². The molecular formula is C16H14Cl2F2N2O. The number of anilines is 1. The van der Waals surface area contributed by atoms with Crippen LogP contribution in [-0.2, 0) is 4.79 Å². The van der Waals surface area contributed by atoms with E-state index in [0.717, 1.165) is 6.07 Å². The molecule has 0 unspecified atom stereocenters. The van der Waals surface area contributed by atoms with E-state index in [9.17, 15) is 13.6 Å². The van der Waals surface area contributed by atoms with Crippen LogP contribution in [0.1, 0.15) is 18.5 Å². The number of nitrogens with one attached hydrogen (secondary N) is 2. The topological polar surface area (TPSA) is 41.1 Å². The van der Waals surface area contributed by atoms with Crippen molar-refractivity contribution in [3.8, 4) is 0 Å². The Morgan fingerprint density at radius 3 is 2.43 bits per heavy atom. The van der Waals surface area contributed by atoms with Crippen LogP contribution in [0, 0.1) is 11.6 Å². The average molecular weight is 359 g/mol. The molecule has 2 rings (SSSR count). The third-order valence-electron chi connectivity index (χ3n) is 3.22. The number of halogens is 4. The van der Waals surface area contributed by atoms with Crippen molar-refractivity contribution in [2.24, 2.45) is 0 Å². The van der Waals surface area contributed by atoms with Gasteiger partial charge < -0.3 is 10.6 Å². The van der Waals surface area contributed by atoms with Gasteiger partial charge in [0.05, 0.1) is 22.3 Å². The van der Waals surface area contributed by atoms with Crippen LogP contribution in [0.4, 0.5) is 14.5 Å². The second-order valence-electron chi connectivity index (χ2n) is 4.91. The molecule has 3 nitrogen and oxygen atoms in total. The molecule has 0 spiro atoms. The Kier molecular flexibility index (Phi) is 5.93. The lowest BCUT2D eigenvalue weighted by molar-refractivity contribution is -0.115. The lowest BCUT2D eigenvalue weighted by Gasteiger charge is -2.15. The fraction of sp³-hybridized carbons (Fsp3) is 0.188. The Bertz CT molecular complexity index is 705. The molecule has 0 saturated carbocycles. The molecule has 0 radical (unpaired) electrons. The molecule has 0 saturated heterocycles. The molecular weight excluding hydrogens is 345 g/mol. The molecule has 2 aromatic rings. The van der Waals surface area contributed by atoms with Gasteiger partial charge in [-0.2, -0.15) is 0 Å². The fourth-order valence-corrected chi connectivity index (χ4v) is 2.50. The zero-order chi connectivity index (χ0) is 17.0. The summed E-state index contributed by atoms with van der Waals surface area (Å²) < 4.78 is 26.6. The molecule has 23 heavy (non-hydrogen) atoms. The number of rotatable bonds is 5. The van der Waals surface area contributed by atoms with Gasteiger partial charge in [0.1, 0.15) is 11.6 Å². The van der Waals surface area contributed by atoms with Crippen LogP contribution >= 0.6 is 23.2 Å². The van der Waals surface area contributed by atoms with Gasteiger partial charge in [0.2, 0.25) is 5.91 Å². The summed E-state index contributed by atoms with van der Waals surface area (Å²) in [5, 5.41) is 6.09. The molecule has 2 N–H and O–H groups in total. The predicted molar refractivity (Wildman–Crippen MR) is 87.9 cm³/mol. The van der Waals surface area contributed by atoms with Gasteiger partial charge in [-0.3, -0.25) is 4.79 Å². The van der Waals surface area contributed by atoms with Gasteiger partial charge >= 0.3 is 0 Å². The Hall–Kier alpha value is -1.69. The van der Waals surface area contributed by atoms with Gasteiger partial charge in [-0.25, -0.2) is 8.78 Å². The quantitative estimate of drug-likeness (QED) is 0.822. The van der Waals surface area contributed by atoms with Crippen molar-refractivity contribution in [1.82, 2.24) is 5.32 Å². The normalized spacial score (nSPS) is 12.0. The summed E-state index contributed by atoms with van der Waals surface area (Å²) in [6.45, 7) is 1.59. The third kappa shape index (κ3) is 4.64. The lowest BCUT2D eigenvalue weighted by atomic mass is 10.1. The van der Waals surface area contributed by atoms with Crippen LogP contribution < -0.4 is 10.6 Å². The second-order valence-corrected chi connectivity index (χ2v) is 5.73. The number of benzene rings is 2. The SMILES string of the molecule is C[C@@H](NCC(=O)Nc1c(Cl)cccc1Cl)c1ccc(F)cc1F. The molecule has 1 amide bonds. The number of hydrogen-bond acceptors (Lipinski definition) is 2. The van der Waals surface area contributed by atoms with Crippen molar-refractivity contribution in [2.45, 2.75) is 13.0 Å². The summed E-state index contributed by atoms with van der Waals surface area (Å²) in [7, 11) is 0. The van der Waals surface area contributed by atoms with Crippen molar-refractivity contribution in [3.63, 3.8) is 0 Å². The smallest absolute Gasteiger partial charge is 0.238 e. The van der Waals surface area contributed by atoms with E-state index in [1.165, 1.54) is 12.1 Å². The number of amides is 1. The van der Waals surface area contributed by atoms with Crippen LogP contribution in [0.15, 0.2) is 36.4 Å². The van der Waals surface area contributed by atoms with Gasteiger partial charge in [-0.15, -0.1) is 0 Å². The van der Waals surface area contributed by atoms with E-state index in [0.29, 0.717) is 15.7 Å². The molecule has 7 heteroatoms. The number of carbonyl (C=O) groups excluding carboxylic acids is 1. The molecule has 0 aromatic heterocycles. The Labute approximate surface area is 142 Å². The molecule has 2 aromatic carbocycles. The zero-order valence-electron chi connectivity index (χ0n) is 12.2. The standard InChI is InChI=1S/C16H14Cl2F2N2O/c1-9(11-6-5-10(19)7-14(11)20)21-8-15(23)22-16-12(17)3-2-4-13(16)18/h2-7,9,21H,8H2,1H3,(H,22,23)/t9-/m1/s1. The van der Waals surface area contributed by atoms with E-state index in [1.54, 1.807) is 25.1 Å². The summed E-state index contributed by atoms with van der Waals surface area (Å²) in [6.07, 6.45) is 0. The monoisotopic (exact) mass is 358 g/mol. The maximum atomic E-state index is 13.7. The van der Waals surface area contributed by atoms with Crippen molar-refractivity contribution in [2.75, 3.05) is 11.9 Å². The minimum absolute atomic E-state index is 0.0838. The molecule has 0 fully saturated rings. The second kappa shape index (κ2) is 7.73. The Balaban J connectivity index is 1.96. The van der Waals surface area contributed by atoms with Gasteiger partial charge in [-0.05, 0) is 25.1 Å². The molecule has 122 valence electrons. The predicted octanol–water partition coefficient (Wildman–Crippen LogP) is 4.56. The van der Waals surface area contributed by atoms with Gasteiger partial charge in [0.15, 0.2) is 0 Å². The summed E-state index contributed by atoms with van der Waals surface area (Å²) >= 11 is 11.9. The van der Waals surface area contributed by atoms with Crippen LogP contribution in [0.2, 0.25) is 10.0 Å². The Morgan fingerprint density at radius 1 is 1.17 bits per heavy atom. The number of hydrogen-bond donors (Lipinski definition) is 2. The largest absolute Gasteiger partial charge is 0.322 e. The van der Waals surface area contributed by atoms with Gasteiger partial charge in [0, 0.05) is 17.7 Å². The fourth-order valence-electron chi connectivity index (χ4n) is 2.01. The van der Waals surface area contributed by atoms with Crippen molar-refractivity contribution < 1.29 is 13.6 Å². The number of carbonyl (C=O) groups is 1. The van der Waals surface area contributed by atoms with E-state index in [-0.39, 0.29) is 18.0 Å². The summed E-state index contributed by atoms with van der Waals surface area (Å²) in [4.78, 5) is 11.9. The maximum Gasteiger partial charge on any atom is 0.238 e. The lowest BCUT2D eigenvalue weighted by Crippen LogP contribution is -2.30. The van der Waals surface area contributed by atoms with Crippen molar-refractivity contribution in [1.29, 1.82) is 0 Å². The van der Waals surface area contributed by atoms with E-state index >= 15 is 0 Å².